The van der Waals surface area contributed by atoms with E-state index in [-0.39, 0.29) is 11.3 Å². The zero-order chi connectivity index (χ0) is 9.97. The minimum atomic E-state index is -0.281. The van der Waals surface area contributed by atoms with Gasteiger partial charge in [-0.05, 0) is 11.6 Å². The summed E-state index contributed by atoms with van der Waals surface area (Å²) in [5.41, 5.74) is 0.746. The van der Waals surface area contributed by atoms with Crippen molar-refractivity contribution in [2.45, 2.75) is 0 Å². The van der Waals surface area contributed by atoms with E-state index in [0.29, 0.717) is 11.1 Å². The van der Waals surface area contributed by atoms with Crippen LogP contribution in [0.25, 0.3) is 11.1 Å². The van der Waals surface area contributed by atoms with E-state index in [4.69, 9.17) is 0 Å². The topological polar surface area (TPSA) is 53.1 Å². The molecule has 0 saturated carbocycles. The zero-order valence-electron chi connectivity index (χ0n) is 7.40. The van der Waals surface area contributed by atoms with E-state index < -0.39 is 0 Å². The molecule has 0 unspecified atom stereocenters. The van der Waals surface area contributed by atoms with Crippen molar-refractivity contribution in [2.24, 2.45) is 0 Å². The van der Waals surface area contributed by atoms with Gasteiger partial charge in [0.25, 0.3) is 5.56 Å². The van der Waals surface area contributed by atoms with Crippen molar-refractivity contribution in [3.05, 3.63) is 52.9 Å². The number of hydrogen-bond donors (Lipinski definition) is 2. The van der Waals surface area contributed by atoms with Crippen molar-refractivity contribution in [1.82, 2.24) is 4.98 Å². The summed E-state index contributed by atoms with van der Waals surface area (Å²) >= 11 is 0. The molecule has 0 amide bonds. The minimum Gasteiger partial charge on any atom is -0.507 e. The summed E-state index contributed by atoms with van der Waals surface area (Å²) in [4.78, 5) is 13.9. The normalized spacial score (nSPS) is 10.0. The number of rotatable bonds is 1. The summed E-state index contributed by atoms with van der Waals surface area (Å²) in [5, 5.41) is 9.52. The molecule has 0 saturated heterocycles. The smallest absolute Gasteiger partial charge is 0.259 e. The molecule has 2 rings (SSSR count). The van der Waals surface area contributed by atoms with Crippen molar-refractivity contribution in [1.29, 1.82) is 0 Å². The highest BCUT2D eigenvalue weighted by Crippen LogP contribution is 2.23. The summed E-state index contributed by atoms with van der Waals surface area (Å²) in [6.45, 7) is 0. The van der Waals surface area contributed by atoms with Crippen LogP contribution < -0.4 is 5.56 Å². The summed E-state index contributed by atoms with van der Waals surface area (Å²) < 4.78 is 0. The third-order valence-electron chi connectivity index (χ3n) is 2.00. The Hall–Kier alpha value is -2.03. The highest BCUT2D eigenvalue weighted by atomic mass is 16.3. The van der Waals surface area contributed by atoms with Crippen LogP contribution in [0.3, 0.4) is 0 Å². The second-order valence-electron chi connectivity index (χ2n) is 2.93. The van der Waals surface area contributed by atoms with Gasteiger partial charge in [-0.1, -0.05) is 30.3 Å². The van der Waals surface area contributed by atoms with Crippen LogP contribution in [-0.2, 0) is 0 Å². The SMILES string of the molecule is O=c1[nH]ccc(O)c1-c1ccccc1. The molecule has 1 aromatic heterocycles. The fraction of sp³-hybridized carbons (Fsp3) is 0. The highest BCUT2D eigenvalue weighted by Gasteiger charge is 2.06. The number of aromatic amines is 1. The molecule has 0 spiro atoms. The lowest BCUT2D eigenvalue weighted by Crippen LogP contribution is -2.07. The molecule has 3 heteroatoms. The van der Waals surface area contributed by atoms with E-state index in [9.17, 15) is 9.90 Å². The summed E-state index contributed by atoms with van der Waals surface area (Å²) in [6, 6.07) is 10.5. The third kappa shape index (κ3) is 1.40. The van der Waals surface area contributed by atoms with Crippen molar-refractivity contribution >= 4 is 0 Å². The molecule has 0 aliphatic rings. The van der Waals surface area contributed by atoms with Crippen LogP contribution in [0, 0.1) is 0 Å². The second kappa shape index (κ2) is 3.38. The summed E-state index contributed by atoms with van der Waals surface area (Å²) in [5.74, 6) is -0.0000463. The molecule has 0 fully saturated rings. The van der Waals surface area contributed by atoms with E-state index in [2.05, 4.69) is 4.98 Å². The Bertz CT molecular complexity index is 488. The van der Waals surface area contributed by atoms with Gasteiger partial charge in [0.05, 0.1) is 5.56 Å². The number of aromatic nitrogens is 1. The van der Waals surface area contributed by atoms with Crippen molar-refractivity contribution < 1.29 is 5.11 Å². The molecule has 2 aromatic rings. The molecule has 0 aliphatic heterocycles. The van der Waals surface area contributed by atoms with E-state index >= 15 is 0 Å². The van der Waals surface area contributed by atoms with E-state index in [0.717, 1.165) is 0 Å². The number of aromatic hydroxyl groups is 1. The molecular formula is C11H9NO2. The molecule has 2 N–H and O–H groups in total. The Balaban J connectivity index is 2.69. The fourth-order valence-electron chi connectivity index (χ4n) is 1.35. The van der Waals surface area contributed by atoms with Gasteiger partial charge in [0.1, 0.15) is 5.75 Å². The number of hydrogen-bond acceptors (Lipinski definition) is 2. The van der Waals surface area contributed by atoms with Gasteiger partial charge in [0, 0.05) is 6.20 Å². The van der Waals surface area contributed by atoms with Crippen LogP contribution in [0.5, 0.6) is 5.75 Å². The minimum absolute atomic E-state index is 0.0000463. The monoisotopic (exact) mass is 187 g/mol. The number of H-pyrrole nitrogens is 1. The first-order valence-corrected chi connectivity index (χ1v) is 4.25. The maximum atomic E-state index is 11.4. The Labute approximate surface area is 80.7 Å². The lowest BCUT2D eigenvalue weighted by Gasteiger charge is -2.01. The largest absolute Gasteiger partial charge is 0.507 e. The fourth-order valence-corrected chi connectivity index (χ4v) is 1.35. The van der Waals surface area contributed by atoms with Crippen LogP contribution >= 0.6 is 0 Å². The van der Waals surface area contributed by atoms with Gasteiger partial charge in [0.15, 0.2) is 0 Å². The molecule has 70 valence electrons. The van der Waals surface area contributed by atoms with Gasteiger partial charge in [-0.15, -0.1) is 0 Å². The number of nitrogens with one attached hydrogen (secondary N) is 1. The van der Waals surface area contributed by atoms with E-state index in [1.54, 1.807) is 12.1 Å². The Kier molecular flexibility index (Phi) is 2.07. The third-order valence-corrected chi connectivity index (χ3v) is 2.00. The van der Waals surface area contributed by atoms with Crippen LogP contribution in [0.15, 0.2) is 47.4 Å². The van der Waals surface area contributed by atoms with Gasteiger partial charge in [0.2, 0.25) is 0 Å². The van der Waals surface area contributed by atoms with Crippen molar-refractivity contribution in [2.75, 3.05) is 0 Å². The van der Waals surface area contributed by atoms with Crippen LogP contribution in [0.4, 0.5) is 0 Å². The maximum absolute atomic E-state index is 11.4. The standard InChI is InChI=1S/C11H9NO2/c13-9-6-7-12-11(14)10(9)8-4-2-1-3-5-8/h1-7H,(H2,12,13,14). The predicted octanol–water partition coefficient (Wildman–Crippen LogP) is 1.75. The zero-order valence-corrected chi connectivity index (χ0v) is 7.40. The Morgan fingerprint density at radius 1 is 1.07 bits per heavy atom. The molecule has 0 atom stereocenters. The first-order valence-electron chi connectivity index (χ1n) is 4.25. The molecule has 3 nitrogen and oxygen atoms in total. The number of pyridine rings is 1. The maximum Gasteiger partial charge on any atom is 0.259 e. The van der Waals surface area contributed by atoms with Crippen molar-refractivity contribution in [3.8, 4) is 16.9 Å². The molecule has 14 heavy (non-hydrogen) atoms. The van der Waals surface area contributed by atoms with Gasteiger partial charge in [-0.3, -0.25) is 4.79 Å². The molecule has 0 bridgehead atoms. The van der Waals surface area contributed by atoms with Gasteiger partial charge < -0.3 is 10.1 Å². The Morgan fingerprint density at radius 3 is 2.43 bits per heavy atom. The lowest BCUT2D eigenvalue weighted by atomic mass is 10.1. The molecule has 0 aliphatic carbocycles. The van der Waals surface area contributed by atoms with E-state index in [1.807, 2.05) is 18.2 Å². The van der Waals surface area contributed by atoms with Crippen LogP contribution in [0.1, 0.15) is 0 Å². The number of benzene rings is 1. The first kappa shape index (κ1) is 8.56. The lowest BCUT2D eigenvalue weighted by molar-refractivity contribution is 0.476. The molecular weight excluding hydrogens is 178 g/mol. The van der Waals surface area contributed by atoms with Crippen molar-refractivity contribution in [3.63, 3.8) is 0 Å². The van der Waals surface area contributed by atoms with Crippen LogP contribution in [-0.4, -0.2) is 10.1 Å². The van der Waals surface area contributed by atoms with E-state index in [1.165, 1.54) is 12.3 Å². The average Bonchev–Trinajstić information content (AvgIpc) is 2.19. The highest BCUT2D eigenvalue weighted by molar-refractivity contribution is 5.68. The van der Waals surface area contributed by atoms with Crippen LogP contribution in [0.2, 0.25) is 0 Å². The van der Waals surface area contributed by atoms with Gasteiger partial charge in [-0.2, -0.15) is 0 Å². The predicted molar refractivity (Wildman–Crippen MR) is 54.2 cm³/mol. The quantitative estimate of drug-likeness (QED) is 0.714. The molecule has 1 heterocycles. The summed E-state index contributed by atoms with van der Waals surface area (Å²) in [7, 11) is 0. The second-order valence-corrected chi connectivity index (χ2v) is 2.93. The molecule has 1 aromatic carbocycles. The van der Waals surface area contributed by atoms with Gasteiger partial charge >= 0.3 is 0 Å². The first-order chi connectivity index (χ1) is 6.79. The van der Waals surface area contributed by atoms with Gasteiger partial charge in [-0.25, -0.2) is 0 Å². The average molecular weight is 187 g/mol. The Morgan fingerprint density at radius 2 is 1.79 bits per heavy atom. The molecule has 0 radical (unpaired) electrons. The summed E-state index contributed by atoms with van der Waals surface area (Å²) in [6.07, 6.45) is 1.42.